The summed E-state index contributed by atoms with van der Waals surface area (Å²) in [7, 11) is 0. The Bertz CT molecular complexity index is 673. The van der Waals surface area contributed by atoms with E-state index < -0.39 is 0 Å². The summed E-state index contributed by atoms with van der Waals surface area (Å²) in [6.07, 6.45) is 2.78. The fourth-order valence-corrected chi connectivity index (χ4v) is 2.89. The van der Waals surface area contributed by atoms with E-state index in [-0.39, 0.29) is 12.1 Å². The summed E-state index contributed by atoms with van der Waals surface area (Å²) in [5.74, 6) is -0.221. The van der Waals surface area contributed by atoms with Gasteiger partial charge in [-0.15, -0.1) is 0 Å². The van der Waals surface area contributed by atoms with Gasteiger partial charge in [0.1, 0.15) is 6.10 Å². The van der Waals surface area contributed by atoms with Crippen molar-refractivity contribution in [2.24, 2.45) is 0 Å². The van der Waals surface area contributed by atoms with Gasteiger partial charge in [-0.2, -0.15) is 0 Å². The molecule has 2 aromatic carbocycles. The van der Waals surface area contributed by atoms with Crippen LogP contribution in [-0.2, 0) is 4.74 Å². The van der Waals surface area contributed by atoms with Crippen LogP contribution in [0.25, 0.3) is 11.1 Å². The molecule has 2 aromatic rings. The molecule has 0 bridgehead atoms. The third-order valence-electron chi connectivity index (χ3n) is 4.16. The van der Waals surface area contributed by atoms with Crippen LogP contribution in [0.5, 0.6) is 0 Å². The van der Waals surface area contributed by atoms with Crippen molar-refractivity contribution in [3.05, 3.63) is 59.2 Å². The number of hydrogen-bond acceptors (Lipinski definition) is 2. The Balaban J connectivity index is 2.35. The van der Waals surface area contributed by atoms with Gasteiger partial charge in [0.05, 0.1) is 5.56 Å². The summed E-state index contributed by atoms with van der Waals surface area (Å²) in [4.78, 5) is 12.6. The van der Waals surface area contributed by atoms with Crippen molar-refractivity contribution in [2.75, 3.05) is 0 Å². The molecule has 122 valence electrons. The molecule has 23 heavy (non-hydrogen) atoms. The lowest BCUT2D eigenvalue weighted by molar-refractivity contribution is 0.0272. The predicted molar refractivity (Wildman–Crippen MR) is 95.8 cm³/mol. The van der Waals surface area contributed by atoms with Crippen LogP contribution in [-0.4, -0.2) is 12.1 Å². The van der Waals surface area contributed by atoms with Gasteiger partial charge in [0, 0.05) is 0 Å². The third kappa shape index (κ3) is 4.22. The molecule has 0 aromatic heterocycles. The highest BCUT2D eigenvalue weighted by Gasteiger charge is 2.18. The molecule has 0 spiro atoms. The molecule has 1 unspecified atom stereocenters. The Morgan fingerprint density at radius 1 is 1.04 bits per heavy atom. The van der Waals surface area contributed by atoms with Gasteiger partial charge in [0.2, 0.25) is 0 Å². The van der Waals surface area contributed by atoms with E-state index in [0.29, 0.717) is 5.56 Å². The maximum atomic E-state index is 12.6. The Labute approximate surface area is 139 Å². The Morgan fingerprint density at radius 3 is 2.43 bits per heavy atom. The van der Waals surface area contributed by atoms with Crippen molar-refractivity contribution >= 4 is 5.97 Å². The molecule has 0 N–H and O–H groups in total. The molecular weight excluding hydrogens is 284 g/mol. The highest BCUT2D eigenvalue weighted by Crippen LogP contribution is 2.28. The molecule has 0 aliphatic rings. The van der Waals surface area contributed by atoms with Crippen molar-refractivity contribution < 1.29 is 9.53 Å². The molecule has 0 heterocycles. The standard InChI is InChI=1S/C21H26O2/c1-5-9-17(6-2)23-21(22)20-11-8-7-10-19(20)18-13-12-15(3)14-16(18)4/h7-8,10-14,17H,5-6,9H2,1-4H3. The summed E-state index contributed by atoms with van der Waals surface area (Å²) >= 11 is 0. The molecule has 0 aliphatic carbocycles. The summed E-state index contributed by atoms with van der Waals surface area (Å²) in [5, 5.41) is 0. The number of carbonyl (C=O) groups is 1. The Kier molecular flexibility index (Phi) is 5.97. The van der Waals surface area contributed by atoms with Gasteiger partial charge < -0.3 is 4.74 Å². The number of benzene rings is 2. The molecule has 2 rings (SSSR count). The second-order valence-corrected chi connectivity index (χ2v) is 6.09. The molecule has 0 saturated heterocycles. The summed E-state index contributed by atoms with van der Waals surface area (Å²) in [6.45, 7) is 8.33. The number of esters is 1. The van der Waals surface area contributed by atoms with Crippen LogP contribution in [0.2, 0.25) is 0 Å². The monoisotopic (exact) mass is 310 g/mol. The lowest BCUT2D eigenvalue weighted by Gasteiger charge is -2.17. The Morgan fingerprint density at radius 2 is 1.78 bits per heavy atom. The maximum absolute atomic E-state index is 12.6. The van der Waals surface area contributed by atoms with Gasteiger partial charge in [0.25, 0.3) is 0 Å². The van der Waals surface area contributed by atoms with Gasteiger partial charge in [0.15, 0.2) is 0 Å². The van der Waals surface area contributed by atoms with E-state index in [9.17, 15) is 4.79 Å². The fraction of sp³-hybridized carbons (Fsp3) is 0.381. The number of hydrogen-bond donors (Lipinski definition) is 0. The average molecular weight is 310 g/mol. The summed E-state index contributed by atoms with van der Waals surface area (Å²) in [5.41, 5.74) is 5.08. The molecule has 1 atom stereocenters. The Hall–Kier alpha value is -2.09. The second kappa shape index (κ2) is 7.96. The van der Waals surface area contributed by atoms with Crippen LogP contribution in [0.3, 0.4) is 0 Å². The van der Waals surface area contributed by atoms with E-state index in [1.165, 1.54) is 11.1 Å². The molecule has 0 amide bonds. The van der Waals surface area contributed by atoms with Crippen LogP contribution >= 0.6 is 0 Å². The van der Waals surface area contributed by atoms with Crippen LogP contribution < -0.4 is 0 Å². The normalized spacial score (nSPS) is 12.0. The van der Waals surface area contributed by atoms with E-state index in [1.54, 1.807) is 0 Å². The van der Waals surface area contributed by atoms with Gasteiger partial charge in [-0.3, -0.25) is 0 Å². The van der Waals surface area contributed by atoms with E-state index in [2.05, 4.69) is 45.9 Å². The first-order valence-electron chi connectivity index (χ1n) is 8.44. The predicted octanol–water partition coefficient (Wildman–Crippen LogP) is 5.71. The minimum absolute atomic E-state index is 0.000305. The van der Waals surface area contributed by atoms with Crippen molar-refractivity contribution in [1.82, 2.24) is 0 Å². The van der Waals surface area contributed by atoms with E-state index >= 15 is 0 Å². The van der Waals surface area contributed by atoms with Crippen LogP contribution in [0.4, 0.5) is 0 Å². The summed E-state index contributed by atoms with van der Waals surface area (Å²) in [6, 6.07) is 14.0. The fourth-order valence-electron chi connectivity index (χ4n) is 2.89. The zero-order valence-electron chi connectivity index (χ0n) is 14.6. The number of aryl methyl sites for hydroxylation is 2. The quantitative estimate of drug-likeness (QED) is 0.639. The molecule has 2 heteroatoms. The molecule has 0 fully saturated rings. The smallest absolute Gasteiger partial charge is 0.339 e. The van der Waals surface area contributed by atoms with Crippen LogP contribution in [0.1, 0.15) is 54.6 Å². The van der Waals surface area contributed by atoms with Gasteiger partial charge in [-0.25, -0.2) is 4.79 Å². The van der Waals surface area contributed by atoms with Crippen molar-refractivity contribution in [1.29, 1.82) is 0 Å². The van der Waals surface area contributed by atoms with E-state index in [0.717, 1.165) is 30.4 Å². The average Bonchev–Trinajstić information content (AvgIpc) is 2.54. The van der Waals surface area contributed by atoms with Gasteiger partial charge in [-0.05, 0) is 49.4 Å². The molecule has 0 aliphatic heterocycles. The highest BCUT2D eigenvalue weighted by atomic mass is 16.5. The second-order valence-electron chi connectivity index (χ2n) is 6.09. The van der Waals surface area contributed by atoms with Gasteiger partial charge >= 0.3 is 5.97 Å². The lowest BCUT2D eigenvalue weighted by Crippen LogP contribution is -2.18. The first kappa shape index (κ1) is 17.3. The zero-order chi connectivity index (χ0) is 16.8. The SMILES string of the molecule is CCCC(CC)OC(=O)c1ccccc1-c1ccc(C)cc1C. The molecule has 2 nitrogen and oxygen atoms in total. The minimum atomic E-state index is -0.221. The highest BCUT2D eigenvalue weighted by molar-refractivity contribution is 5.97. The topological polar surface area (TPSA) is 26.3 Å². The van der Waals surface area contributed by atoms with Crippen LogP contribution in [0, 0.1) is 13.8 Å². The first-order chi connectivity index (χ1) is 11.1. The summed E-state index contributed by atoms with van der Waals surface area (Å²) < 4.78 is 5.71. The largest absolute Gasteiger partial charge is 0.459 e. The van der Waals surface area contributed by atoms with Crippen molar-refractivity contribution in [3.63, 3.8) is 0 Å². The molecule has 0 radical (unpaired) electrons. The number of ether oxygens (including phenoxy) is 1. The zero-order valence-corrected chi connectivity index (χ0v) is 14.6. The van der Waals surface area contributed by atoms with E-state index in [1.807, 2.05) is 24.3 Å². The first-order valence-corrected chi connectivity index (χ1v) is 8.44. The van der Waals surface area contributed by atoms with Crippen molar-refractivity contribution in [3.8, 4) is 11.1 Å². The van der Waals surface area contributed by atoms with Crippen LogP contribution in [0.15, 0.2) is 42.5 Å². The lowest BCUT2D eigenvalue weighted by atomic mass is 9.95. The molecule has 0 saturated carbocycles. The number of carbonyl (C=O) groups excluding carboxylic acids is 1. The maximum Gasteiger partial charge on any atom is 0.339 e. The van der Waals surface area contributed by atoms with Crippen molar-refractivity contribution in [2.45, 2.75) is 53.1 Å². The third-order valence-corrected chi connectivity index (χ3v) is 4.16. The van der Waals surface area contributed by atoms with E-state index in [4.69, 9.17) is 4.74 Å². The minimum Gasteiger partial charge on any atom is -0.459 e. The number of rotatable bonds is 6. The molecular formula is C21H26O2. The van der Waals surface area contributed by atoms with Gasteiger partial charge in [-0.1, -0.05) is 62.2 Å².